The fraction of sp³-hybridized carbons (Fsp3) is 0.316. The summed E-state index contributed by atoms with van der Waals surface area (Å²) in [7, 11) is 0. The average Bonchev–Trinajstić information content (AvgIpc) is 3.41. The van der Waals surface area contributed by atoms with Crippen LogP contribution in [0.25, 0.3) is 0 Å². The zero-order chi connectivity index (χ0) is 20.5. The molecule has 0 aromatic carbocycles. The Morgan fingerprint density at radius 3 is 2.76 bits per heavy atom. The molecule has 2 amide bonds. The number of ketones is 1. The molecule has 1 aliphatic carbocycles. The van der Waals surface area contributed by atoms with Gasteiger partial charge in [-0.3, -0.25) is 19.7 Å². The molecule has 1 aliphatic rings. The van der Waals surface area contributed by atoms with Crippen LogP contribution in [0.1, 0.15) is 55.8 Å². The topological polar surface area (TPSA) is 101 Å². The number of Topliss-reactive ketones (excluding diaryl/α,β-unsaturated/α-hetero) is 1. The Hall–Kier alpha value is -2.43. The second-order valence-corrected chi connectivity index (χ2v) is 9.65. The molecule has 0 fully saturated rings. The maximum atomic E-state index is 12.7. The lowest BCUT2D eigenvalue weighted by Gasteiger charge is -2.21. The molecule has 2 N–H and O–H groups in total. The van der Waals surface area contributed by atoms with Gasteiger partial charge >= 0.3 is 0 Å². The Balaban J connectivity index is 1.43. The molecule has 0 aliphatic heterocycles. The number of anilines is 1. The summed E-state index contributed by atoms with van der Waals surface area (Å²) >= 11 is 4.13. The van der Waals surface area contributed by atoms with E-state index in [9.17, 15) is 14.4 Å². The Labute approximate surface area is 179 Å². The Kier molecular flexibility index (Phi) is 5.57. The first-order chi connectivity index (χ1) is 13.9. The third-order valence-corrected chi connectivity index (χ3v) is 7.17. The standard InChI is InChI=1S/C19H18N4O3S3/c1-9(14-8-28-10(2)21-14)20-18(26)12-5-13-16(15(24)6-12)29-19(22-13)23-17(25)11-3-4-27-7-11/h3-4,7-9,12H,5-6H2,1-2H3,(H,20,26)(H,22,23,25). The number of hydrogen-bond acceptors (Lipinski definition) is 8. The van der Waals surface area contributed by atoms with E-state index in [-0.39, 0.29) is 30.1 Å². The van der Waals surface area contributed by atoms with Crippen LogP contribution in [-0.4, -0.2) is 27.6 Å². The van der Waals surface area contributed by atoms with Gasteiger partial charge in [0.15, 0.2) is 10.9 Å². The van der Waals surface area contributed by atoms with Crippen LogP contribution >= 0.6 is 34.0 Å². The molecular weight excluding hydrogens is 428 g/mol. The maximum absolute atomic E-state index is 12.7. The van der Waals surface area contributed by atoms with Gasteiger partial charge in [-0.05, 0) is 25.3 Å². The van der Waals surface area contributed by atoms with E-state index < -0.39 is 5.92 Å². The molecule has 4 rings (SSSR count). The monoisotopic (exact) mass is 446 g/mol. The number of thiazole rings is 2. The lowest BCUT2D eigenvalue weighted by Crippen LogP contribution is -2.37. The SMILES string of the molecule is Cc1nc(C(C)NC(=O)C2CC(=O)c3sc(NC(=O)c4ccsc4)nc3C2)cs1. The van der Waals surface area contributed by atoms with Gasteiger partial charge in [0.25, 0.3) is 5.91 Å². The molecule has 0 saturated heterocycles. The van der Waals surface area contributed by atoms with Gasteiger partial charge in [0, 0.05) is 23.6 Å². The van der Waals surface area contributed by atoms with Crippen LogP contribution in [-0.2, 0) is 11.2 Å². The fourth-order valence-corrected chi connectivity index (χ4v) is 5.40. The number of amides is 2. The van der Waals surface area contributed by atoms with Gasteiger partial charge in [0.1, 0.15) is 0 Å². The van der Waals surface area contributed by atoms with Crippen LogP contribution in [0, 0.1) is 12.8 Å². The van der Waals surface area contributed by atoms with E-state index in [4.69, 9.17) is 0 Å². The van der Waals surface area contributed by atoms with Crippen LogP contribution in [0.15, 0.2) is 22.2 Å². The Morgan fingerprint density at radius 1 is 1.24 bits per heavy atom. The van der Waals surface area contributed by atoms with Gasteiger partial charge in [0.05, 0.1) is 38.8 Å². The smallest absolute Gasteiger partial charge is 0.258 e. The van der Waals surface area contributed by atoms with Crippen molar-refractivity contribution in [2.75, 3.05) is 5.32 Å². The van der Waals surface area contributed by atoms with Crippen molar-refractivity contribution in [2.45, 2.75) is 32.7 Å². The molecular formula is C19H18N4O3S3. The van der Waals surface area contributed by atoms with Crippen LogP contribution in [0.5, 0.6) is 0 Å². The number of fused-ring (bicyclic) bond motifs is 1. The number of nitrogens with one attached hydrogen (secondary N) is 2. The minimum Gasteiger partial charge on any atom is -0.348 e. The number of aryl methyl sites for hydroxylation is 1. The summed E-state index contributed by atoms with van der Waals surface area (Å²) in [5, 5.41) is 12.5. The highest BCUT2D eigenvalue weighted by Gasteiger charge is 2.34. The van der Waals surface area contributed by atoms with Crippen molar-refractivity contribution < 1.29 is 14.4 Å². The van der Waals surface area contributed by atoms with Crippen molar-refractivity contribution in [3.63, 3.8) is 0 Å². The lowest BCUT2D eigenvalue weighted by atomic mass is 9.89. The Bertz CT molecular complexity index is 1070. The molecule has 29 heavy (non-hydrogen) atoms. The molecule has 0 radical (unpaired) electrons. The lowest BCUT2D eigenvalue weighted by molar-refractivity contribution is -0.125. The zero-order valence-electron chi connectivity index (χ0n) is 15.7. The summed E-state index contributed by atoms with van der Waals surface area (Å²) in [5.74, 6) is -1.03. The summed E-state index contributed by atoms with van der Waals surface area (Å²) in [6, 6.07) is 1.50. The largest absolute Gasteiger partial charge is 0.348 e. The zero-order valence-corrected chi connectivity index (χ0v) is 18.2. The number of nitrogens with zero attached hydrogens (tertiary/aromatic N) is 2. The van der Waals surface area contributed by atoms with Crippen molar-refractivity contribution in [3.8, 4) is 0 Å². The summed E-state index contributed by atoms with van der Waals surface area (Å²) in [6.45, 7) is 3.80. The normalized spacial score (nSPS) is 16.9. The second kappa shape index (κ2) is 8.13. The molecule has 0 spiro atoms. The first-order valence-corrected chi connectivity index (χ1v) is 11.6. The molecule has 7 nitrogen and oxygen atoms in total. The fourth-order valence-electron chi connectivity index (χ4n) is 3.12. The van der Waals surface area contributed by atoms with Gasteiger partial charge < -0.3 is 5.32 Å². The number of hydrogen-bond donors (Lipinski definition) is 2. The van der Waals surface area contributed by atoms with E-state index >= 15 is 0 Å². The Morgan fingerprint density at radius 2 is 2.07 bits per heavy atom. The molecule has 10 heteroatoms. The number of carbonyl (C=O) groups is 3. The number of thiophene rings is 1. The highest BCUT2D eigenvalue weighted by molar-refractivity contribution is 7.17. The van der Waals surface area contributed by atoms with E-state index in [2.05, 4.69) is 20.6 Å². The predicted octanol–water partition coefficient (Wildman–Crippen LogP) is 3.84. The second-order valence-electron chi connectivity index (χ2n) is 6.81. The first-order valence-electron chi connectivity index (χ1n) is 8.99. The molecule has 3 heterocycles. The number of carbonyl (C=O) groups excluding carboxylic acids is 3. The highest BCUT2D eigenvalue weighted by Crippen LogP contribution is 2.33. The molecule has 150 valence electrons. The molecule has 0 bridgehead atoms. The quantitative estimate of drug-likeness (QED) is 0.620. The van der Waals surface area contributed by atoms with E-state index in [1.54, 1.807) is 11.4 Å². The molecule has 2 unspecified atom stereocenters. The summed E-state index contributed by atoms with van der Waals surface area (Å²) < 4.78 is 0. The summed E-state index contributed by atoms with van der Waals surface area (Å²) in [4.78, 5) is 46.8. The van der Waals surface area contributed by atoms with Crippen molar-refractivity contribution in [1.82, 2.24) is 15.3 Å². The van der Waals surface area contributed by atoms with E-state index in [1.807, 2.05) is 24.6 Å². The van der Waals surface area contributed by atoms with Crippen molar-refractivity contribution >= 4 is 56.7 Å². The van der Waals surface area contributed by atoms with Gasteiger partial charge in [-0.2, -0.15) is 11.3 Å². The summed E-state index contributed by atoms with van der Waals surface area (Å²) in [5.41, 5.74) is 1.94. The van der Waals surface area contributed by atoms with E-state index in [0.717, 1.165) is 10.7 Å². The first kappa shape index (κ1) is 19.9. The molecule has 0 saturated carbocycles. The molecule has 3 aromatic heterocycles. The van der Waals surface area contributed by atoms with Crippen LogP contribution in [0.4, 0.5) is 5.13 Å². The van der Waals surface area contributed by atoms with E-state index in [1.165, 1.54) is 34.0 Å². The van der Waals surface area contributed by atoms with Gasteiger partial charge in [-0.25, -0.2) is 9.97 Å². The average molecular weight is 447 g/mol. The van der Waals surface area contributed by atoms with Gasteiger partial charge in [0.2, 0.25) is 5.91 Å². The van der Waals surface area contributed by atoms with E-state index in [0.29, 0.717) is 27.7 Å². The van der Waals surface area contributed by atoms with Crippen molar-refractivity contribution in [2.24, 2.45) is 5.92 Å². The van der Waals surface area contributed by atoms with Crippen LogP contribution in [0.3, 0.4) is 0 Å². The van der Waals surface area contributed by atoms with Crippen molar-refractivity contribution in [3.05, 3.63) is 49.0 Å². The predicted molar refractivity (Wildman–Crippen MR) is 114 cm³/mol. The van der Waals surface area contributed by atoms with Crippen LogP contribution in [0.2, 0.25) is 0 Å². The van der Waals surface area contributed by atoms with Gasteiger partial charge in [-0.15, -0.1) is 11.3 Å². The maximum Gasteiger partial charge on any atom is 0.258 e. The summed E-state index contributed by atoms with van der Waals surface area (Å²) in [6.07, 6.45) is 0.516. The number of rotatable bonds is 5. The third kappa shape index (κ3) is 4.29. The van der Waals surface area contributed by atoms with Crippen molar-refractivity contribution in [1.29, 1.82) is 0 Å². The molecule has 2 atom stereocenters. The highest BCUT2D eigenvalue weighted by atomic mass is 32.1. The minimum absolute atomic E-state index is 0.114. The van der Waals surface area contributed by atoms with Gasteiger partial charge in [-0.1, -0.05) is 11.3 Å². The minimum atomic E-state index is -0.472. The number of aromatic nitrogens is 2. The van der Waals surface area contributed by atoms with Crippen LogP contribution < -0.4 is 10.6 Å². The third-order valence-electron chi connectivity index (χ3n) is 4.64. The molecule has 3 aromatic rings.